The summed E-state index contributed by atoms with van der Waals surface area (Å²) in [4.78, 5) is 14.3. The summed E-state index contributed by atoms with van der Waals surface area (Å²) in [7, 11) is 1.64. The summed E-state index contributed by atoms with van der Waals surface area (Å²) in [6.07, 6.45) is 1.10. The van der Waals surface area contributed by atoms with Gasteiger partial charge in [0.05, 0.1) is 18.4 Å². The number of para-hydroxylation sites is 1. The lowest BCUT2D eigenvalue weighted by molar-refractivity contribution is 0.0653. The third-order valence-corrected chi connectivity index (χ3v) is 3.67. The van der Waals surface area contributed by atoms with Gasteiger partial charge in [0.25, 0.3) is 5.91 Å². The van der Waals surface area contributed by atoms with Crippen LogP contribution >= 0.6 is 0 Å². The van der Waals surface area contributed by atoms with E-state index in [-0.39, 0.29) is 5.91 Å². The zero-order valence-corrected chi connectivity index (χ0v) is 12.0. The van der Waals surface area contributed by atoms with E-state index >= 15 is 0 Å². The van der Waals surface area contributed by atoms with Crippen LogP contribution in [0, 0.1) is 0 Å². The van der Waals surface area contributed by atoms with Crippen LogP contribution in [0.5, 0.6) is 5.75 Å². The van der Waals surface area contributed by atoms with Gasteiger partial charge in [-0.25, -0.2) is 0 Å². The first-order chi connectivity index (χ1) is 10.3. The van der Waals surface area contributed by atoms with Crippen molar-refractivity contribution in [2.75, 3.05) is 25.5 Å². The van der Waals surface area contributed by atoms with E-state index in [9.17, 15) is 4.79 Å². The molecule has 108 valence electrons. The van der Waals surface area contributed by atoms with Crippen molar-refractivity contribution in [1.29, 1.82) is 0 Å². The number of ether oxygens (including phenoxy) is 1. The second kappa shape index (κ2) is 5.87. The van der Waals surface area contributed by atoms with Crippen LogP contribution in [0.3, 0.4) is 0 Å². The molecule has 0 saturated carbocycles. The van der Waals surface area contributed by atoms with E-state index in [0.29, 0.717) is 5.56 Å². The van der Waals surface area contributed by atoms with Crippen LogP contribution in [0.4, 0.5) is 11.4 Å². The van der Waals surface area contributed by atoms with Crippen molar-refractivity contribution in [2.45, 2.75) is 6.42 Å². The summed E-state index contributed by atoms with van der Waals surface area (Å²) in [5.41, 5.74) is 2.48. The molecule has 4 nitrogen and oxygen atoms in total. The van der Waals surface area contributed by atoms with Crippen molar-refractivity contribution < 1.29 is 9.53 Å². The van der Waals surface area contributed by atoms with Crippen molar-refractivity contribution in [3.63, 3.8) is 0 Å². The lowest BCUT2D eigenvalue weighted by Gasteiger charge is -2.31. The highest BCUT2D eigenvalue weighted by atomic mass is 16.5. The van der Waals surface area contributed by atoms with Crippen molar-refractivity contribution >= 4 is 17.3 Å². The molecule has 1 N–H and O–H groups in total. The Bertz CT molecular complexity index is 633. The van der Waals surface area contributed by atoms with Crippen LogP contribution < -0.4 is 10.1 Å². The largest absolute Gasteiger partial charge is 0.497 e. The van der Waals surface area contributed by atoms with Gasteiger partial charge in [-0.15, -0.1) is 0 Å². The Labute approximate surface area is 124 Å². The first-order valence-corrected chi connectivity index (χ1v) is 7.07. The summed E-state index contributed by atoms with van der Waals surface area (Å²) >= 11 is 0. The minimum Gasteiger partial charge on any atom is -0.497 e. The number of methoxy groups -OCH3 is 1. The molecule has 1 heterocycles. The highest BCUT2D eigenvalue weighted by Crippen LogP contribution is 2.25. The molecule has 21 heavy (non-hydrogen) atoms. The predicted octanol–water partition coefficient (Wildman–Crippen LogP) is 3.28. The minimum atomic E-state index is 0.0952. The summed E-state index contributed by atoms with van der Waals surface area (Å²) in [6, 6.07) is 15.3. The van der Waals surface area contributed by atoms with E-state index in [2.05, 4.69) is 5.32 Å². The van der Waals surface area contributed by atoms with Gasteiger partial charge in [0, 0.05) is 18.8 Å². The Morgan fingerprint density at radius 1 is 1.10 bits per heavy atom. The zero-order chi connectivity index (χ0) is 14.7. The predicted molar refractivity (Wildman–Crippen MR) is 83.2 cm³/mol. The average molecular weight is 282 g/mol. The van der Waals surface area contributed by atoms with Crippen molar-refractivity contribution in [3.8, 4) is 5.75 Å². The molecule has 1 aliphatic rings. The maximum atomic E-state index is 12.4. The number of likely N-dealkylation sites (tertiary alicyclic amines) is 1. The fraction of sp³-hybridized carbons (Fsp3) is 0.235. The monoisotopic (exact) mass is 282 g/mol. The summed E-state index contributed by atoms with van der Waals surface area (Å²) < 4.78 is 5.15. The average Bonchev–Trinajstić information content (AvgIpc) is 2.47. The van der Waals surface area contributed by atoms with Crippen LogP contribution in [0.2, 0.25) is 0 Å². The Morgan fingerprint density at radius 2 is 1.81 bits per heavy atom. The summed E-state index contributed by atoms with van der Waals surface area (Å²) in [5, 5.41) is 3.30. The zero-order valence-electron chi connectivity index (χ0n) is 12.0. The van der Waals surface area contributed by atoms with E-state index < -0.39 is 0 Å². The second-order valence-electron chi connectivity index (χ2n) is 5.04. The van der Waals surface area contributed by atoms with Gasteiger partial charge in [0.2, 0.25) is 0 Å². The molecule has 4 heteroatoms. The number of hydrogen-bond acceptors (Lipinski definition) is 3. The number of rotatable bonds is 4. The SMILES string of the molecule is COc1ccc(Nc2ccccc2C(=O)N2CCC2)cc1. The molecule has 0 aromatic heterocycles. The van der Waals surface area contributed by atoms with Crippen LogP contribution in [0.25, 0.3) is 0 Å². The number of anilines is 2. The molecule has 2 aromatic rings. The molecule has 1 amide bonds. The highest BCUT2D eigenvalue weighted by Gasteiger charge is 2.23. The number of benzene rings is 2. The smallest absolute Gasteiger partial charge is 0.255 e. The van der Waals surface area contributed by atoms with Gasteiger partial charge in [0.1, 0.15) is 5.75 Å². The first kappa shape index (κ1) is 13.5. The maximum Gasteiger partial charge on any atom is 0.255 e. The molecular weight excluding hydrogens is 264 g/mol. The molecule has 2 aromatic carbocycles. The van der Waals surface area contributed by atoms with E-state index in [1.165, 1.54) is 0 Å². The Hall–Kier alpha value is -2.49. The van der Waals surface area contributed by atoms with E-state index in [1.54, 1.807) is 7.11 Å². The third-order valence-electron chi connectivity index (χ3n) is 3.67. The Morgan fingerprint density at radius 3 is 2.43 bits per heavy atom. The first-order valence-electron chi connectivity index (χ1n) is 7.07. The number of nitrogens with one attached hydrogen (secondary N) is 1. The lowest BCUT2D eigenvalue weighted by Crippen LogP contribution is -2.42. The molecule has 0 aliphatic carbocycles. The standard InChI is InChI=1S/C17H18N2O2/c1-21-14-9-7-13(8-10-14)18-16-6-3-2-5-15(16)17(20)19-11-4-12-19/h2-3,5-10,18H,4,11-12H2,1H3. The molecule has 1 saturated heterocycles. The van der Waals surface area contributed by atoms with E-state index in [4.69, 9.17) is 4.74 Å². The number of hydrogen-bond donors (Lipinski definition) is 1. The second-order valence-corrected chi connectivity index (χ2v) is 5.04. The number of nitrogens with zero attached hydrogens (tertiary/aromatic N) is 1. The lowest BCUT2D eigenvalue weighted by atomic mass is 10.1. The summed E-state index contributed by atoms with van der Waals surface area (Å²) in [5.74, 6) is 0.906. The van der Waals surface area contributed by atoms with Crippen LogP contribution in [0.1, 0.15) is 16.8 Å². The van der Waals surface area contributed by atoms with Gasteiger partial charge in [-0.1, -0.05) is 12.1 Å². The van der Waals surface area contributed by atoms with Crippen molar-refractivity contribution in [3.05, 3.63) is 54.1 Å². The summed E-state index contributed by atoms with van der Waals surface area (Å²) in [6.45, 7) is 1.71. The minimum absolute atomic E-state index is 0.0952. The van der Waals surface area contributed by atoms with Crippen LogP contribution in [-0.2, 0) is 0 Å². The fourth-order valence-electron chi connectivity index (χ4n) is 2.30. The van der Waals surface area contributed by atoms with Crippen molar-refractivity contribution in [1.82, 2.24) is 4.90 Å². The van der Waals surface area contributed by atoms with Crippen LogP contribution in [-0.4, -0.2) is 31.0 Å². The molecule has 0 bridgehead atoms. The number of carbonyl (C=O) groups is 1. The van der Waals surface area contributed by atoms with Gasteiger partial charge in [0.15, 0.2) is 0 Å². The molecule has 0 unspecified atom stereocenters. The highest BCUT2D eigenvalue weighted by molar-refractivity contribution is 6.00. The fourth-order valence-corrected chi connectivity index (χ4v) is 2.30. The van der Waals surface area contributed by atoms with Crippen molar-refractivity contribution in [2.24, 2.45) is 0 Å². The Balaban J connectivity index is 1.82. The quantitative estimate of drug-likeness (QED) is 0.935. The van der Waals surface area contributed by atoms with Gasteiger partial charge < -0.3 is 15.0 Å². The normalized spacial score (nSPS) is 13.5. The molecule has 0 atom stereocenters. The molecule has 0 radical (unpaired) electrons. The molecule has 0 spiro atoms. The van der Waals surface area contributed by atoms with Gasteiger partial charge in [-0.05, 0) is 42.8 Å². The number of amides is 1. The van der Waals surface area contributed by atoms with E-state index in [1.807, 2.05) is 53.4 Å². The third kappa shape index (κ3) is 2.84. The van der Waals surface area contributed by atoms with E-state index in [0.717, 1.165) is 36.6 Å². The molecule has 1 fully saturated rings. The molecule has 3 rings (SSSR count). The van der Waals surface area contributed by atoms with Crippen LogP contribution in [0.15, 0.2) is 48.5 Å². The van der Waals surface area contributed by atoms with Gasteiger partial charge in [-0.2, -0.15) is 0 Å². The molecular formula is C17H18N2O2. The molecule has 1 aliphatic heterocycles. The topological polar surface area (TPSA) is 41.6 Å². The maximum absolute atomic E-state index is 12.4. The Kier molecular flexibility index (Phi) is 3.77. The van der Waals surface area contributed by atoms with Gasteiger partial charge >= 0.3 is 0 Å². The van der Waals surface area contributed by atoms with Gasteiger partial charge in [-0.3, -0.25) is 4.79 Å². The number of carbonyl (C=O) groups excluding carboxylic acids is 1.